The molecule has 0 saturated carbocycles. The first-order valence-electron chi connectivity index (χ1n) is 20.1. The SMILES string of the molecule is CC(C)(C)c1cc(-c2cc(-c3nc(-c4ccccc4O)c4oc5ccccc5c4n3)cc(N(c3ccccn3)c3ccccc3-c3ccccc3)c2)cc(C(C)(C)C)c1. The van der Waals surface area contributed by atoms with Gasteiger partial charge in [0.05, 0.1) is 5.69 Å². The Kier molecular flexibility index (Phi) is 9.36. The van der Waals surface area contributed by atoms with Crippen molar-refractivity contribution in [2.24, 2.45) is 0 Å². The number of fused-ring (bicyclic) bond motifs is 3. The summed E-state index contributed by atoms with van der Waals surface area (Å²) in [4.78, 5) is 17.7. The number of anilines is 3. The van der Waals surface area contributed by atoms with Gasteiger partial charge in [0.1, 0.15) is 28.4 Å². The Balaban J connectivity index is 1.38. The van der Waals surface area contributed by atoms with Crippen LogP contribution < -0.4 is 4.90 Å². The predicted octanol–water partition coefficient (Wildman–Crippen LogP) is 14.2. The van der Waals surface area contributed by atoms with Crippen molar-refractivity contribution in [1.82, 2.24) is 15.0 Å². The summed E-state index contributed by atoms with van der Waals surface area (Å²) in [6.07, 6.45) is 1.83. The van der Waals surface area contributed by atoms with Gasteiger partial charge < -0.3 is 9.52 Å². The number of aromatic hydroxyl groups is 1. The van der Waals surface area contributed by atoms with E-state index in [4.69, 9.17) is 19.4 Å². The zero-order valence-electron chi connectivity index (χ0n) is 34.2. The fourth-order valence-corrected chi connectivity index (χ4v) is 7.68. The highest BCUT2D eigenvalue weighted by Gasteiger charge is 2.25. The largest absolute Gasteiger partial charge is 0.507 e. The van der Waals surface area contributed by atoms with Gasteiger partial charge in [-0.1, -0.05) is 139 Å². The number of phenols is 1. The molecule has 0 aliphatic heterocycles. The number of nitrogens with zero attached hydrogens (tertiary/aromatic N) is 4. The number of hydrogen-bond donors (Lipinski definition) is 1. The Morgan fingerprint density at radius 1 is 0.542 bits per heavy atom. The molecule has 0 aliphatic rings. The third-order valence-corrected chi connectivity index (χ3v) is 10.9. The Morgan fingerprint density at radius 2 is 1.17 bits per heavy atom. The molecule has 0 radical (unpaired) electrons. The molecule has 0 bridgehead atoms. The van der Waals surface area contributed by atoms with Crippen molar-refractivity contribution >= 4 is 39.3 Å². The molecule has 3 heterocycles. The van der Waals surface area contributed by atoms with Crippen LogP contribution in [0.15, 0.2) is 168 Å². The van der Waals surface area contributed by atoms with Crippen LogP contribution in [0.5, 0.6) is 5.75 Å². The molecule has 6 heteroatoms. The van der Waals surface area contributed by atoms with E-state index in [1.165, 1.54) is 11.1 Å². The molecule has 0 aliphatic carbocycles. The van der Waals surface area contributed by atoms with E-state index in [9.17, 15) is 5.11 Å². The molecule has 59 heavy (non-hydrogen) atoms. The first-order chi connectivity index (χ1) is 28.4. The topological polar surface area (TPSA) is 75.3 Å². The van der Waals surface area contributed by atoms with E-state index >= 15 is 0 Å². The first kappa shape index (κ1) is 37.5. The highest BCUT2D eigenvalue weighted by Crippen LogP contribution is 2.45. The van der Waals surface area contributed by atoms with Crippen LogP contribution in [-0.4, -0.2) is 20.1 Å². The molecule has 0 saturated heterocycles. The molecule has 6 nitrogen and oxygen atoms in total. The minimum Gasteiger partial charge on any atom is -0.507 e. The van der Waals surface area contributed by atoms with E-state index in [2.05, 4.69) is 131 Å². The van der Waals surface area contributed by atoms with Crippen molar-refractivity contribution in [3.05, 3.63) is 175 Å². The molecule has 3 aromatic heterocycles. The van der Waals surface area contributed by atoms with E-state index in [1.54, 1.807) is 6.07 Å². The molecule has 0 amide bonds. The lowest BCUT2D eigenvalue weighted by molar-refractivity contribution is 0.477. The van der Waals surface area contributed by atoms with Crippen LogP contribution in [0.1, 0.15) is 52.7 Å². The Bertz CT molecular complexity index is 2940. The van der Waals surface area contributed by atoms with Crippen LogP contribution in [0.2, 0.25) is 0 Å². The molecule has 0 fully saturated rings. The Morgan fingerprint density at radius 3 is 1.88 bits per heavy atom. The highest BCUT2D eigenvalue weighted by atomic mass is 16.3. The number of rotatable bonds is 7. The number of pyridine rings is 1. The molecular weight excluding hydrogens is 725 g/mol. The van der Waals surface area contributed by atoms with Crippen molar-refractivity contribution in [3.8, 4) is 50.6 Å². The average Bonchev–Trinajstić information content (AvgIpc) is 3.62. The quantitative estimate of drug-likeness (QED) is 0.174. The van der Waals surface area contributed by atoms with Gasteiger partial charge >= 0.3 is 0 Å². The van der Waals surface area contributed by atoms with Crippen LogP contribution in [0.4, 0.5) is 17.2 Å². The van der Waals surface area contributed by atoms with Gasteiger partial charge in [0.25, 0.3) is 0 Å². The lowest BCUT2D eigenvalue weighted by Crippen LogP contribution is -2.16. The van der Waals surface area contributed by atoms with Gasteiger partial charge in [-0.2, -0.15) is 0 Å². The third-order valence-electron chi connectivity index (χ3n) is 10.9. The van der Waals surface area contributed by atoms with Gasteiger partial charge in [-0.15, -0.1) is 0 Å². The monoisotopic (exact) mass is 770 g/mol. The first-order valence-corrected chi connectivity index (χ1v) is 20.1. The summed E-state index contributed by atoms with van der Waals surface area (Å²) in [6, 6.07) is 53.7. The predicted molar refractivity (Wildman–Crippen MR) is 243 cm³/mol. The van der Waals surface area contributed by atoms with Crippen molar-refractivity contribution in [2.45, 2.75) is 52.4 Å². The second-order valence-electron chi connectivity index (χ2n) is 17.2. The number of hydrogen-bond acceptors (Lipinski definition) is 6. The van der Waals surface area contributed by atoms with Crippen LogP contribution in [-0.2, 0) is 10.8 Å². The standard InChI is InChI=1S/C53H46N4O2/c1-52(2,3)38-29-36(30-39(33-38)53(4,5)6)35-28-37(51-55-48(42-21-11-14-24-45(42)58)50-49(56-51)43-22-12-15-25-46(43)59-50)32-40(31-35)57(47-26-16-17-27-54-47)44-23-13-10-20-41(44)34-18-8-7-9-19-34/h7-33,58H,1-6H3. The normalized spacial score (nSPS) is 12.0. The number of benzene rings is 6. The van der Waals surface area contributed by atoms with Gasteiger partial charge in [-0.05, 0) is 99.3 Å². The minimum absolute atomic E-state index is 0.0891. The molecule has 6 aromatic carbocycles. The third kappa shape index (κ3) is 7.23. The average molecular weight is 771 g/mol. The van der Waals surface area contributed by atoms with Gasteiger partial charge in [0, 0.05) is 34.0 Å². The summed E-state index contributed by atoms with van der Waals surface area (Å²) >= 11 is 0. The second kappa shape index (κ2) is 14.7. The van der Waals surface area contributed by atoms with Gasteiger partial charge in [0.2, 0.25) is 0 Å². The van der Waals surface area contributed by atoms with E-state index in [0.717, 1.165) is 50.4 Å². The molecular formula is C53H46N4O2. The molecule has 290 valence electrons. The maximum Gasteiger partial charge on any atom is 0.180 e. The lowest BCUT2D eigenvalue weighted by Gasteiger charge is -2.28. The van der Waals surface area contributed by atoms with E-state index in [1.807, 2.05) is 72.9 Å². The van der Waals surface area contributed by atoms with E-state index in [0.29, 0.717) is 33.8 Å². The van der Waals surface area contributed by atoms with Crippen molar-refractivity contribution in [2.75, 3.05) is 4.90 Å². The van der Waals surface area contributed by atoms with Crippen molar-refractivity contribution in [3.63, 3.8) is 0 Å². The minimum atomic E-state index is -0.0891. The highest BCUT2D eigenvalue weighted by molar-refractivity contribution is 6.07. The molecule has 0 atom stereocenters. The summed E-state index contributed by atoms with van der Waals surface area (Å²) in [5.74, 6) is 1.39. The number of aromatic nitrogens is 3. The summed E-state index contributed by atoms with van der Waals surface area (Å²) in [7, 11) is 0. The summed E-state index contributed by atoms with van der Waals surface area (Å²) < 4.78 is 6.45. The Labute approximate surface area is 345 Å². The van der Waals surface area contributed by atoms with Gasteiger partial charge in [-0.3, -0.25) is 4.90 Å². The fourth-order valence-electron chi connectivity index (χ4n) is 7.68. The number of para-hydroxylation sites is 3. The van der Waals surface area contributed by atoms with Crippen LogP contribution in [0.25, 0.3) is 67.0 Å². The number of phenolic OH excluding ortho intramolecular Hbond substituents is 1. The molecule has 1 N–H and O–H groups in total. The van der Waals surface area contributed by atoms with Crippen molar-refractivity contribution in [1.29, 1.82) is 0 Å². The van der Waals surface area contributed by atoms with E-state index < -0.39 is 0 Å². The fraction of sp³-hybridized carbons (Fsp3) is 0.151. The van der Waals surface area contributed by atoms with Crippen LogP contribution in [0, 0.1) is 0 Å². The van der Waals surface area contributed by atoms with Crippen LogP contribution in [0.3, 0.4) is 0 Å². The second-order valence-corrected chi connectivity index (χ2v) is 17.2. The lowest BCUT2D eigenvalue weighted by atomic mass is 9.79. The van der Waals surface area contributed by atoms with E-state index in [-0.39, 0.29) is 16.6 Å². The zero-order valence-corrected chi connectivity index (χ0v) is 34.2. The van der Waals surface area contributed by atoms with Gasteiger partial charge in [0.15, 0.2) is 11.4 Å². The summed E-state index contributed by atoms with van der Waals surface area (Å²) in [6.45, 7) is 13.6. The Hall–Kier alpha value is -7.05. The van der Waals surface area contributed by atoms with Crippen LogP contribution >= 0.6 is 0 Å². The maximum absolute atomic E-state index is 11.2. The van der Waals surface area contributed by atoms with Gasteiger partial charge in [-0.25, -0.2) is 15.0 Å². The summed E-state index contributed by atoms with van der Waals surface area (Å²) in [5, 5.41) is 12.1. The maximum atomic E-state index is 11.2. The molecule has 0 spiro atoms. The molecule has 9 rings (SSSR count). The van der Waals surface area contributed by atoms with Crippen molar-refractivity contribution < 1.29 is 9.52 Å². The summed E-state index contributed by atoms with van der Waals surface area (Å²) in [5.41, 5.74) is 12.3. The smallest absolute Gasteiger partial charge is 0.180 e. The molecule has 9 aromatic rings. The zero-order chi connectivity index (χ0) is 40.9. The molecule has 0 unspecified atom stereocenters. The number of furan rings is 1.